The fourth-order valence-corrected chi connectivity index (χ4v) is 1.92. The second-order valence-corrected chi connectivity index (χ2v) is 8.13. The topological polar surface area (TPSA) is 63.6 Å². The molecule has 0 saturated heterocycles. The summed E-state index contributed by atoms with van der Waals surface area (Å²) in [5.74, 6) is 0.471. The highest BCUT2D eigenvalue weighted by atomic mass is 16.5. The average Bonchev–Trinajstić information content (AvgIpc) is 2.58. The van der Waals surface area contributed by atoms with Gasteiger partial charge in [0.05, 0.1) is 6.61 Å². The van der Waals surface area contributed by atoms with Gasteiger partial charge in [0.25, 0.3) is 0 Å². The van der Waals surface area contributed by atoms with Gasteiger partial charge in [-0.15, -0.1) is 0 Å². The zero-order valence-corrected chi connectivity index (χ0v) is 19.6. The van der Waals surface area contributed by atoms with Crippen LogP contribution in [-0.2, 0) is 14.3 Å². The molecule has 0 radical (unpaired) electrons. The van der Waals surface area contributed by atoms with E-state index in [1.165, 1.54) is 45.4 Å². The van der Waals surface area contributed by atoms with Crippen molar-refractivity contribution in [2.24, 2.45) is 11.8 Å². The van der Waals surface area contributed by atoms with E-state index in [-0.39, 0.29) is 11.5 Å². The number of hydrogen-bond donors (Lipinski definition) is 1. The first kappa shape index (κ1) is 31.1. The van der Waals surface area contributed by atoms with E-state index < -0.39 is 5.97 Å². The van der Waals surface area contributed by atoms with E-state index in [0.29, 0.717) is 12.2 Å². The Bertz CT molecular complexity index is 410. The van der Waals surface area contributed by atoms with E-state index in [1.807, 2.05) is 0 Å². The molecule has 0 rings (SSSR count). The minimum Gasteiger partial charge on any atom is -0.478 e. The van der Waals surface area contributed by atoms with Crippen molar-refractivity contribution in [1.82, 2.24) is 0 Å². The molecule has 1 N–H and O–H groups in total. The highest BCUT2D eigenvalue weighted by Crippen LogP contribution is 2.08. The third-order valence-electron chi connectivity index (χ3n) is 3.76. The third kappa shape index (κ3) is 32.1. The van der Waals surface area contributed by atoms with Crippen LogP contribution in [0.5, 0.6) is 0 Å². The van der Waals surface area contributed by atoms with Crippen molar-refractivity contribution < 1.29 is 19.4 Å². The van der Waals surface area contributed by atoms with Crippen LogP contribution in [0.25, 0.3) is 0 Å². The first-order valence-corrected chi connectivity index (χ1v) is 10.7. The number of ether oxygens (including phenoxy) is 1. The summed E-state index contributed by atoms with van der Waals surface area (Å²) in [5, 5.41) is 7.89. The fraction of sp³-hybridized carbons (Fsp3) is 0.750. The van der Waals surface area contributed by atoms with E-state index in [1.54, 1.807) is 6.92 Å². The van der Waals surface area contributed by atoms with Gasteiger partial charge in [-0.1, -0.05) is 92.7 Å². The molecule has 0 fully saturated rings. The number of unbranched alkanes of at least 4 members (excludes halogenated alkanes) is 4. The number of carboxylic acids is 1. The van der Waals surface area contributed by atoms with Crippen molar-refractivity contribution in [2.45, 2.75) is 99.8 Å². The fourth-order valence-electron chi connectivity index (χ4n) is 1.92. The predicted octanol–water partition coefficient (Wildman–Crippen LogP) is 7.19. The average molecular weight is 399 g/mol. The molecule has 0 atom stereocenters. The molecule has 28 heavy (non-hydrogen) atoms. The van der Waals surface area contributed by atoms with Crippen LogP contribution in [0.4, 0.5) is 0 Å². The van der Waals surface area contributed by atoms with Gasteiger partial charge < -0.3 is 9.84 Å². The standard InChI is InChI=1S/C12H22O2.C8H18.C4H6O2/c1-10(2)8-6-5-7-9-14-12(13)11(3)4;1-4-5-6-7-8(2)3;1-3(2)4(5)6/h10H,3,5-9H2,1-2,4H3;8H,4-7H2,1-3H3;1H2,2H3,(H,5,6). The largest absolute Gasteiger partial charge is 0.478 e. The second kappa shape index (κ2) is 21.7. The normalized spacial score (nSPS) is 9.75. The summed E-state index contributed by atoms with van der Waals surface area (Å²) in [6, 6.07) is 0. The van der Waals surface area contributed by atoms with Crippen LogP contribution in [-0.4, -0.2) is 23.7 Å². The van der Waals surface area contributed by atoms with Crippen LogP contribution in [0.2, 0.25) is 0 Å². The smallest absolute Gasteiger partial charge is 0.333 e. The van der Waals surface area contributed by atoms with Crippen molar-refractivity contribution in [1.29, 1.82) is 0 Å². The Balaban J connectivity index is -0.000000376. The molecule has 0 aromatic heterocycles. The van der Waals surface area contributed by atoms with Gasteiger partial charge in [-0.05, 0) is 32.1 Å². The van der Waals surface area contributed by atoms with E-state index >= 15 is 0 Å². The molecule has 4 heteroatoms. The lowest BCUT2D eigenvalue weighted by Crippen LogP contribution is -2.06. The molecule has 0 amide bonds. The van der Waals surface area contributed by atoms with Crippen LogP contribution in [0.1, 0.15) is 99.8 Å². The van der Waals surface area contributed by atoms with Gasteiger partial charge in [-0.3, -0.25) is 0 Å². The molecule has 4 nitrogen and oxygen atoms in total. The Morgan fingerprint density at radius 1 is 0.821 bits per heavy atom. The molecule has 0 aromatic carbocycles. The highest BCUT2D eigenvalue weighted by molar-refractivity contribution is 5.86. The molecule has 0 saturated carbocycles. The SMILES string of the molecule is C=C(C)C(=O)O.C=C(C)C(=O)OCCCCCC(C)C.CCCCCC(C)C. The molecule has 0 bridgehead atoms. The number of esters is 1. The van der Waals surface area contributed by atoms with Crippen LogP contribution in [0, 0.1) is 11.8 Å². The number of carbonyl (C=O) groups excluding carboxylic acids is 1. The minimum atomic E-state index is -0.935. The van der Waals surface area contributed by atoms with Crippen molar-refractivity contribution >= 4 is 11.9 Å². The number of carboxylic acid groups (broad SMARTS) is 1. The molecular formula is C24H46O4. The number of rotatable bonds is 12. The molecule has 0 aliphatic rings. The Kier molecular flexibility index (Phi) is 24.1. The molecule has 166 valence electrons. The van der Waals surface area contributed by atoms with Crippen LogP contribution in [0.15, 0.2) is 24.3 Å². The zero-order valence-electron chi connectivity index (χ0n) is 19.6. The van der Waals surface area contributed by atoms with Gasteiger partial charge in [0.2, 0.25) is 0 Å². The molecular weight excluding hydrogens is 352 g/mol. The number of carbonyl (C=O) groups is 2. The lowest BCUT2D eigenvalue weighted by molar-refractivity contribution is -0.139. The van der Waals surface area contributed by atoms with Gasteiger partial charge >= 0.3 is 11.9 Å². The molecule has 0 spiro atoms. The van der Waals surface area contributed by atoms with Crippen molar-refractivity contribution in [3.8, 4) is 0 Å². The lowest BCUT2D eigenvalue weighted by atomic mass is 10.1. The molecule has 0 aliphatic carbocycles. The maximum absolute atomic E-state index is 11.0. The highest BCUT2D eigenvalue weighted by Gasteiger charge is 2.01. The summed E-state index contributed by atoms with van der Waals surface area (Å²) in [6.07, 6.45) is 10.2. The van der Waals surface area contributed by atoms with Gasteiger partial charge in [-0.25, -0.2) is 9.59 Å². The van der Waals surface area contributed by atoms with E-state index in [2.05, 4.69) is 47.8 Å². The van der Waals surface area contributed by atoms with E-state index in [0.717, 1.165) is 24.7 Å². The second-order valence-electron chi connectivity index (χ2n) is 8.13. The maximum Gasteiger partial charge on any atom is 0.333 e. The summed E-state index contributed by atoms with van der Waals surface area (Å²) in [6.45, 7) is 21.6. The van der Waals surface area contributed by atoms with Crippen LogP contribution >= 0.6 is 0 Å². The monoisotopic (exact) mass is 398 g/mol. The van der Waals surface area contributed by atoms with Crippen LogP contribution < -0.4 is 0 Å². The van der Waals surface area contributed by atoms with Crippen molar-refractivity contribution in [3.05, 3.63) is 24.3 Å². The Morgan fingerprint density at radius 2 is 1.25 bits per heavy atom. The van der Waals surface area contributed by atoms with Crippen molar-refractivity contribution in [2.75, 3.05) is 6.61 Å². The van der Waals surface area contributed by atoms with Gasteiger partial charge in [0, 0.05) is 11.1 Å². The van der Waals surface area contributed by atoms with Gasteiger partial charge in [-0.2, -0.15) is 0 Å². The predicted molar refractivity (Wildman–Crippen MR) is 121 cm³/mol. The third-order valence-corrected chi connectivity index (χ3v) is 3.76. The van der Waals surface area contributed by atoms with Crippen molar-refractivity contribution in [3.63, 3.8) is 0 Å². The zero-order chi connectivity index (χ0) is 22.5. The Hall–Kier alpha value is -1.58. The molecule has 0 unspecified atom stereocenters. The first-order chi connectivity index (χ1) is 12.9. The van der Waals surface area contributed by atoms with E-state index in [4.69, 9.17) is 9.84 Å². The summed E-state index contributed by atoms with van der Waals surface area (Å²) >= 11 is 0. The summed E-state index contributed by atoms with van der Waals surface area (Å²) in [4.78, 5) is 20.6. The van der Waals surface area contributed by atoms with E-state index in [9.17, 15) is 9.59 Å². The summed E-state index contributed by atoms with van der Waals surface area (Å²) in [7, 11) is 0. The van der Waals surface area contributed by atoms with Crippen LogP contribution in [0.3, 0.4) is 0 Å². The Labute approximate surface area is 174 Å². The molecule has 0 heterocycles. The number of hydrogen-bond acceptors (Lipinski definition) is 3. The van der Waals surface area contributed by atoms with Gasteiger partial charge in [0.1, 0.15) is 0 Å². The maximum atomic E-state index is 11.0. The Morgan fingerprint density at radius 3 is 1.57 bits per heavy atom. The summed E-state index contributed by atoms with van der Waals surface area (Å²) in [5.41, 5.74) is 0.655. The molecule has 0 aromatic rings. The molecule has 0 aliphatic heterocycles. The van der Waals surface area contributed by atoms with Gasteiger partial charge in [0.15, 0.2) is 0 Å². The first-order valence-electron chi connectivity index (χ1n) is 10.7. The minimum absolute atomic E-state index is 0.176. The lowest BCUT2D eigenvalue weighted by Gasteiger charge is -2.05. The number of aliphatic carboxylic acids is 1. The quantitative estimate of drug-likeness (QED) is 0.214. The summed E-state index contributed by atoms with van der Waals surface area (Å²) < 4.78 is 4.97.